The van der Waals surface area contributed by atoms with Crippen LogP contribution in [0.25, 0.3) is 0 Å². The molecule has 2 amide bonds. The van der Waals surface area contributed by atoms with Crippen LogP contribution in [0.3, 0.4) is 0 Å². The van der Waals surface area contributed by atoms with Crippen LogP contribution in [0.5, 0.6) is 11.5 Å². The van der Waals surface area contributed by atoms with Crippen LogP contribution in [0.1, 0.15) is 6.42 Å². The molecule has 3 heterocycles. The Hall–Kier alpha value is -2.89. The highest BCUT2D eigenvalue weighted by Crippen LogP contribution is 2.41. The maximum absolute atomic E-state index is 15.6. The van der Waals surface area contributed by atoms with E-state index in [4.69, 9.17) is 14.2 Å². The van der Waals surface area contributed by atoms with Crippen LogP contribution in [0.4, 0.5) is 14.9 Å². The highest BCUT2D eigenvalue weighted by molar-refractivity contribution is 7.89. The van der Waals surface area contributed by atoms with E-state index in [1.165, 1.54) is 23.1 Å². The molecule has 1 spiro atoms. The number of alkyl halides is 1. The van der Waals surface area contributed by atoms with E-state index in [0.29, 0.717) is 30.4 Å². The van der Waals surface area contributed by atoms with Crippen molar-refractivity contribution in [3.05, 3.63) is 48.5 Å². The zero-order valence-electron chi connectivity index (χ0n) is 17.8. The number of carbonyl (C=O) groups is 1. The number of hydrogen-bond acceptors (Lipinski definition) is 6. The normalized spacial score (nSPS) is 25.2. The van der Waals surface area contributed by atoms with Gasteiger partial charge in [0.05, 0.1) is 18.0 Å². The number of benzene rings is 2. The van der Waals surface area contributed by atoms with Crippen molar-refractivity contribution >= 4 is 21.7 Å². The summed E-state index contributed by atoms with van der Waals surface area (Å²) in [5.41, 5.74) is -1.06. The fraction of sp³-hybridized carbons (Fsp3) is 0.409. The lowest BCUT2D eigenvalue weighted by molar-refractivity contribution is -0.134. The van der Waals surface area contributed by atoms with Gasteiger partial charge in [0.2, 0.25) is 10.0 Å². The van der Waals surface area contributed by atoms with Crippen LogP contribution >= 0.6 is 0 Å². The van der Waals surface area contributed by atoms with Gasteiger partial charge in [-0.1, -0.05) is 18.2 Å². The number of carbonyl (C=O) groups excluding carboxylic acids is 1. The summed E-state index contributed by atoms with van der Waals surface area (Å²) in [6.07, 6.45) is -1.71. The van der Waals surface area contributed by atoms with Crippen molar-refractivity contribution < 1.29 is 31.8 Å². The minimum Gasteiger partial charge on any atom is -0.486 e. The van der Waals surface area contributed by atoms with Crippen LogP contribution in [0, 0.1) is 0 Å². The van der Waals surface area contributed by atoms with E-state index in [1.807, 2.05) is 6.07 Å². The smallest absolute Gasteiger partial charge is 0.321 e. The minimum absolute atomic E-state index is 0.0140. The molecular formula is C22H24FN3O6S. The molecule has 0 radical (unpaired) electrons. The van der Waals surface area contributed by atoms with Gasteiger partial charge in [-0.05, 0) is 24.3 Å². The van der Waals surface area contributed by atoms with E-state index in [9.17, 15) is 13.2 Å². The van der Waals surface area contributed by atoms with Crippen LogP contribution < -0.4 is 14.8 Å². The molecule has 2 unspecified atom stereocenters. The van der Waals surface area contributed by atoms with Crippen LogP contribution in [-0.2, 0) is 14.8 Å². The molecule has 2 aromatic rings. The number of nitrogens with zero attached hydrogens (tertiary/aromatic N) is 2. The zero-order valence-corrected chi connectivity index (χ0v) is 18.6. The van der Waals surface area contributed by atoms with Crippen molar-refractivity contribution in [3.63, 3.8) is 0 Å². The molecule has 2 fully saturated rings. The monoisotopic (exact) mass is 477 g/mol. The van der Waals surface area contributed by atoms with Gasteiger partial charge in [-0.15, -0.1) is 0 Å². The number of amides is 2. The first kappa shape index (κ1) is 21.9. The van der Waals surface area contributed by atoms with Gasteiger partial charge in [0.25, 0.3) is 0 Å². The Labute approximate surface area is 191 Å². The molecule has 176 valence electrons. The molecule has 2 saturated heterocycles. The molecule has 0 aromatic heterocycles. The van der Waals surface area contributed by atoms with Gasteiger partial charge in [0.1, 0.15) is 13.2 Å². The molecule has 3 aliphatic heterocycles. The molecule has 0 saturated carbocycles. The molecule has 1 N–H and O–H groups in total. The number of fused-ring (bicyclic) bond motifs is 1. The fourth-order valence-corrected chi connectivity index (χ4v) is 6.16. The number of sulfonamides is 1. The SMILES string of the molecule is O=C(Nc1ccccc1)N1CCC2(OCCN2S(=O)(=O)c2ccc3c(c2)OCCO3)C(F)C1. The third kappa shape index (κ3) is 3.90. The lowest BCUT2D eigenvalue weighted by Gasteiger charge is -2.44. The quantitative estimate of drug-likeness (QED) is 0.730. The summed E-state index contributed by atoms with van der Waals surface area (Å²) in [4.78, 5) is 13.9. The Bertz CT molecular complexity index is 1150. The Kier molecular flexibility index (Phi) is 5.63. The number of halogens is 1. The summed E-state index contributed by atoms with van der Waals surface area (Å²) < 4.78 is 60.3. The lowest BCUT2D eigenvalue weighted by atomic mass is 9.99. The van der Waals surface area contributed by atoms with Gasteiger partial charge < -0.3 is 24.4 Å². The number of para-hydroxylation sites is 1. The van der Waals surface area contributed by atoms with E-state index in [-0.39, 0.29) is 37.6 Å². The number of ether oxygens (including phenoxy) is 3. The van der Waals surface area contributed by atoms with E-state index < -0.39 is 28.0 Å². The van der Waals surface area contributed by atoms with E-state index in [2.05, 4.69) is 5.32 Å². The van der Waals surface area contributed by atoms with Gasteiger partial charge in [-0.25, -0.2) is 17.6 Å². The fourth-order valence-electron chi connectivity index (χ4n) is 4.43. The van der Waals surface area contributed by atoms with Gasteiger partial charge in [0.15, 0.2) is 23.4 Å². The van der Waals surface area contributed by atoms with Crippen molar-refractivity contribution in [2.75, 3.05) is 44.8 Å². The molecule has 11 heteroatoms. The Morgan fingerprint density at radius 1 is 1.03 bits per heavy atom. The molecule has 0 bridgehead atoms. The van der Waals surface area contributed by atoms with Crippen LogP contribution in [-0.4, -0.2) is 75.0 Å². The third-order valence-corrected chi connectivity index (χ3v) is 8.01. The summed E-state index contributed by atoms with van der Waals surface area (Å²) in [6, 6.07) is 12.8. The predicted molar refractivity (Wildman–Crippen MR) is 117 cm³/mol. The number of urea groups is 1. The minimum atomic E-state index is -4.09. The molecule has 5 rings (SSSR count). The number of likely N-dealkylation sites (tertiary alicyclic amines) is 1. The van der Waals surface area contributed by atoms with Crippen molar-refractivity contribution in [1.82, 2.24) is 9.21 Å². The zero-order chi connectivity index (χ0) is 23.1. The summed E-state index contributed by atoms with van der Waals surface area (Å²) in [5, 5.41) is 2.73. The largest absolute Gasteiger partial charge is 0.486 e. The average Bonchev–Trinajstić information content (AvgIpc) is 3.27. The van der Waals surface area contributed by atoms with Gasteiger partial charge in [0, 0.05) is 31.3 Å². The average molecular weight is 478 g/mol. The van der Waals surface area contributed by atoms with Crippen molar-refractivity contribution in [3.8, 4) is 11.5 Å². The lowest BCUT2D eigenvalue weighted by Crippen LogP contribution is -2.63. The van der Waals surface area contributed by atoms with E-state index in [1.54, 1.807) is 24.3 Å². The Morgan fingerprint density at radius 3 is 2.55 bits per heavy atom. The first-order valence-corrected chi connectivity index (χ1v) is 12.2. The summed E-state index contributed by atoms with van der Waals surface area (Å²) in [6.45, 7) is 0.659. The molecule has 0 aliphatic carbocycles. The van der Waals surface area contributed by atoms with Gasteiger partial charge in [-0.3, -0.25) is 0 Å². The maximum atomic E-state index is 15.6. The Morgan fingerprint density at radius 2 is 1.79 bits per heavy atom. The first-order chi connectivity index (χ1) is 15.9. The van der Waals surface area contributed by atoms with Crippen molar-refractivity contribution in [2.24, 2.45) is 0 Å². The molecular weight excluding hydrogens is 453 g/mol. The van der Waals surface area contributed by atoms with E-state index in [0.717, 1.165) is 4.31 Å². The predicted octanol–water partition coefficient (Wildman–Crippen LogP) is 2.45. The summed E-state index contributed by atoms with van der Waals surface area (Å²) in [5.74, 6) is 0.800. The highest BCUT2D eigenvalue weighted by atomic mass is 32.2. The molecule has 9 nitrogen and oxygen atoms in total. The third-order valence-electron chi connectivity index (χ3n) is 6.09. The number of anilines is 1. The van der Waals surface area contributed by atoms with Crippen molar-refractivity contribution in [1.29, 1.82) is 0 Å². The number of piperidine rings is 1. The number of rotatable bonds is 3. The number of nitrogens with one attached hydrogen (secondary N) is 1. The van der Waals surface area contributed by atoms with Crippen molar-refractivity contribution in [2.45, 2.75) is 23.2 Å². The highest BCUT2D eigenvalue weighted by Gasteiger charge is 2.57. The van der Waals surface area contributed by atoms with Gasteiger partial charge in [-0.2, -0.15) is 4.31 Å². The molecule has 33 heavy (non-hydrogen) atoms. The maximum Gasteiger partial charge on any atom is 0.321 e. The topological polar surface area (TPSA) is 97.4 Å². The van der Waals surface area contributed by atoms with Crippen LogP contribution in [0.15, 0.2) is 53.4 Å². The number of hydrogen-bond donors (Lipinski definition) is 1. The second kappa shape index (κ2) is 8.47. The molecule has 2 atom stereocenters. The molecule has 3 aliphatic rings. The second-order valence-electron chi connectivity index (χ2n) is 8.04. The second-order valence-corrected chi connectivity index (χ2v) is 9.90. The molecule has 2 aromatic carbocycles. The van der Waals surface area contributed by atoms with Crippen LogP contribution in [0.2, 0.25) is 0 Å². The van der Waals surface area contributed by atoms with Gasteiger partial charge >= 0.3 is 6.03 Å². The Balaban J connectivity index is 1.35. The summed E-state index contributed by atoms with van der Waals surface area (Å²) >= 11 is 0. The van der Waals surface area contributed by atoms with E-state index >= 15 is 4.39 Å². The summed E-state index contributed by atoms with van der Waals surface area (Å²) in [7, 11) is -4.09. The standard InChI is InChI=1S/C22H24FN3O6S/c23-20-15-25(21(27)24-16-4-2-1-3-5-16)9-8-22(20)26(10-11-32-22)33(28,29)17-6-7-18-19(14-17)31-13-12-30-18/h1-7,14,20H,8-13,15H2,(H,24,27). The first-order valence-electron chi connectivity index (χ1n) is 10.7.